The van der Waals surface area contributed by atoms with E-state index in [1.54, 1.807) is 6.20 Å². The molecule has 5 aromatic carbocycles. The van der Waals surface area contributed by atoms with Crippen LogP contribution in [-0.2, 0) is 0 Å². The summed E-state index contributed by atoms with van der Waals surface area (Å²) in [6.45, 7) is 0. The molecule has 0 amide bonds. The van der Waals surface area contributed by atoms with E-state index in [4.69, 9.17) is 4.98 Å². The van der Waals surface area contributed by atoms with Crippen LogP contribution in [0.15, 0.2) is 146 Å². The predicted octanol–water partition coefficient (Wildman–Crippen LogP) is 9.78. The highest BCUT2D eigenvalue weighted by Gasteiger charge is 2.24. The second-order valence-corrected chi connectivity index (χ2v) is 12.1. The zero-order valence-electron chi connectivity index (χ0n) is 25.0. The summed E-state index contributed by atoms with van der Waals surface area (Å²) in [5.41, 5.74) is 10.8. The first-order valence-electron chi connectivity index (χ1n) is 15.8. The van der Waals surface area contributed by atoms with Gasteiger partial charge in [0, 0.05) is 61.5 Å². The van der Waals surface area contributed by atoms with E-state index < -0.39 is 0 Å². The molecular weight excluding hydrogens is 576 g/mol. The number of rotatable bonds is 2. The Labute approximate surface area is 267 Å². The number of hydrogen-bond donors (Lipinski definition) is 0. The third kappa shape index (κ3) is 3.16. The predicted molar refractivity (Wildman–Crippen MR) is 192 cm³/mol. The average molecular weight is 601 g/mol. The van der Waals surface area contributed by atoms with E-state index in [9.17, 15) is 0 Å². The molecule has 6 nitrogen and oxygen atoms in total. The van der Waals surface area contributed by atoms with Crippen LogP contribution in [0, 0.1) is 0 Å². The van der Waals surface area contributed by atoms with Crippen LogP contribution < -0.4 is 0 Å². The van der Waals surface area contributed by atoms with Gasteiger partial charge in [0.25, 0.3) is 0 Å². The Hall–Kier alpha value is -6.53. The molecule has 11 rings (SSSR count). The number of nitrogens with zero attached hydrogens (tertiary/aromatic N) is 6. The molecule has 0 aliphatic heterocycles. The summed E-state index contributed by atoms with van der Waals surface area (Å²) in [6.07, 6.45) is 7.55. The van der Waals surface area contributed by atoms with Crippen molar-refractivity contribution < 1.29 is 0 Å². The van der Waals surface area contributed by atoms with Gasteiger partial charge in [0.05, 0.1) is 51.0 Å². The summed E-state index contributed by atoms with van der Waals surface area (Å²) in [6, 6.07) is 43.4. The fraction of sp³-hybridized carbons (Fsp3) is 0. The van der Waals surface area contributed by atoms with Gasteiger partial charge in [-0.1, -0.05) is 60.7 Å². The molecule has 0 fully saturated rings. The number of para-hydroxylation sites is 3. The Balaban J connectivity index is 1.43. The lowest BCUT2D eigenvalue weighted by molar-refractivity contribution is 1.17. The molecule has 0 saturated carbocycles. The zero-order chi connectivity index (χ0) is 30.6. The summed E-state index contributed by atoms with van der Waals surface area (Å²) in [7, 11) is 0. The van der Waals surface area contributed by atoms with E-state index in [-0.39, 0.29) is 0 Å². The molecule has 0 spiro atoms. The SMILES string of the molecule is c1ccc(-n2c3ccccc3c3c2ccc2c4c5c6ccncc6n6c7cnccc7nc6c5ccc4n(-c4ccccc4)c23)cc1. The molecule has 0 radical (unpaired) electrons. The van der Waals surface area contributed by atoms with Crippen LogP contribution in [0.3, 0.4) is 0 Å². The average Bonchev–Trinajstić information content (AvgIpc) is 3.80. The van der Waals surface area contributed by atoms with Gasteiger partial charge in [-0.15, -0.1) is 0 Å². The molecular formula is C41H24N6. The van der Waals surface area contributed by atoms with E-state index in [0.717, 1.165) is 49.9 Å². The topological polar surface area (TPSA) is 52.9 Å². The Morgan fingerprint density at radius 3 is 1.85 bits per heavy atom. The van der Waals surface area contributed by atoms with E-state index in [1.165, 1.54) is 43.5 Å². The van der Waals surface area contributed by atoms with Gasteiger partial charge < -0.3 is 9.13 Å². The second-order valence-electron chi connectivity index (χ2n) is 12.1. The van der Waals surface area contributed by atoms with Crippen LogP contribution in [0.1, 0.15) is 0 Å². The number of aromatic nitrogens is 6. The van der Waals surface area contributed by atoms with Crippen molar-refractivity contribution in [2.75, 3.05) is 0 Å². The maximum atomic E-state index is 5.16. The molecule has 0 aliphatic carbocycles. The van der Waals surface area contributed by atoms with Crippen molar-refractivity contribution in [1.82, 2.24) is 28.5 Å². The Kier molecular flexibility index (Phi) is 4.75. The monoisotopic (exact) mass is 600 g/mol. The molecule has 6 aromatic heterocycles. The van der Waals surface area contributed by atoms with Crippen molar-refractivity contribution in [3.05, 3.63) is 146 Å². The fourth-order valence-corrected chi connectivity index (χ4v) is 7.94. The Morgan fingerprint density at radius 2 is 1.04 bits per heavy atom. The fourth-order valence-electron chi connectivity index (χ4n) is 7.94. The first-order valence-corrected chi connectivity index (χ1v) is 15.8. The second kappa shape index (κ2) is 9.02. The van der Waals surface area contributed by atoms with E-state index in [0.29, 0.717) is 0 Å². The number of imidazole rings is 1. The first kappa shape index (κ1) is 24.8. The zero-order valence-corrected chi connectivity index (χ0v) is 25.0. The minimum absolute atomic E-state index is 0.910. The molecule has 0 aliphatic rings. The molecule has 0 N–H and O–H groups in total. The molecule has 6 heterocycles. The lowest BCUT2D eigenvalue weighted by atomic mass is 10.00. The summed E-state index contributed by atoms with van der Waals surface area (Å²) >= 11 is 0. The van der Waals surface area contributed by atoms with Gasteiger partial charge >= 0.3 is 0 Å². The van der Waals surface area contributed by atoms with E-state index >= 15 is 0 Å². The third-order valence-electron chi connectivity index (χ3n) is 9.77. The molecule has 0 saturated heterocycles. The van der Waals surface area contributed by atoms with Crippen LogP contribution in [0.25, 0.3) is 93.3 Å². The van der Waals surface area contributed by atoms with Gasteiger partial charge in [0.1, 0.15) is 5.65 Å². The van der Waals surface area contributed by atoms with Crippen LogP contribution in [0.5, 0.6) is 0 Å². The maximum absolute atomic E-state index is 5.16. The van der Waals surface area contributed by atoms with Crippen molar-refractivity contribution in [3.8, 4) is 11.4 Å². The van der Waals surface area contributed by atoms with Crippen molar-refractivity contribution in [2.24, 2.45) is 0 Å². The normalized spacial score (nSPS) is 12.3. The van der Waals surface area contributed by atoms with E-state index in [1.807, 2.05) is 24.7 Å². The number of pyridine rings is 3. The highest BCUT2D eigenvalue weighted by Crippen LogP contribution is 2.46. The Bertz CT molecular complexity index is 3060. The summed E-state index contributed by atoms with van der Waals surface area (Å²) < 4.78 is 7.06. The third-order valence-corrected chi connectivity index (χ3v) is 9.77. The van der Waals surface area contributed by atoms with Gasteiger partial charge in [0.15, 0.2) is 0 Å². The largest absolute Gasteiger partial charge is 0.309 e. The standard InChI is InChI=1S/C41H24N6/c1-3-9-25(10-4-1)45-32-14-8-7-13-27(32)39-34(45)17-15-29-38-33(46(40(29)39)26-11-5-2-6-12-26)18-16-30-37(38)28-19-21-42-23-35(28)47-36-24-43-22-20-31(36)44-41(30)47/h1-24H. The first-order chi connectivity index (χ1) is 23.4. The minimum atomic E-state index is 0.910. The van der Waals surface area contributed by atoms with Gasteiger partial charge in [-0.25, -0.2) is 4.98 Å². The lowest BCUT2D eigenvalue weighted by Crippen LogP contribution is -1.95. The molecule has 47 heavy (non-hydrogen) atoms. The molecule has 0 atom stereocenters. The highest BCUT2D eigenvalue weighted by atomic mass is 15.0. The van der Waals surface area contributed by atoms with Crippen molar-refractivity contribution in [3.63, 3.8) is 0 Å². The molecule has 11 aromatic rings. The van der Waals surface area contributed by atoms with Crippen LogP contribution in [0.2, 0.25) is 0 Å². The molecule has 0 bridgehead atoms. The van der Waals surface area contributed by atoms with Gasteiger partial charge in [-0.3, -0.25) is 14.4 Å². The molecule has 6 heteroatoms. The smallest absolute Gasteiger partial charge is 0.146 e. The van der Waals surface area contributed by atoms with Crippen molar-refractivity contribution in [2.45, 2.75) is 0 Å². The van der Waals surface area contributed by atoms with Crippen LogP contribution >= 0.6 is 0 Å². The number of fused-ring (bicyclic) bond motifs is 16. The minimum Gasteiger partial charge on any atom is -0.309 e. The number of hydrogen-bond acceptors (Lipinski definition) is 3. The van der Waals surface area contributed by atoms with Gasteiger partial charge in [0.2, 0.25) is 0 Å². The molecule has 0 unspecified atom stereocenters. The number of benzene rings is 5. The summed E-state index contributed by atoms with van der Waals surface area (Å²) in [5.74, 6) is 0. The van der Waals surface area contributed by atoms with Gasteiger partial charge in [-0.2, -0.15) is 0 Å². The Morgan fingerprint density at radius 1 is 0.404 bits per heavy atom. The van der Waals surface area contributed by atoms with Crippen LogP contribution in [-0.4, -0.2) is 28.5 Å². The molecule has 218 valence electrons. The summed E-state index contributed by atoms with van der Waals surface area (Å²) in [5, 5.41) is 8.30. The van der Waals surface area contributed by atoms with Crippen molar-refractivity contribution >= 4 is 82.0 Å². The maximum Gasteiger partial charge on any atom is 0.146 e. The summed E-state index contributed by atoms with van der Waals surface area (Å²) in [4.78, 5) is 14.2. The van der Waals surface area contributed by atoms with E-state index in [2.05, 4.69) is 139 Å². The van der Waals surface area contributed by atoms with Gasteiger partial charge in [-0.05, 0) is 60.7 Å². The quantitative estimate of drug-likeness (QED) is 0.186. The lowest BCUT2D eigenvalue weighted by Gasteiger charge is -2.11. The van der Waals surface area contributed by atoms with Crippen LogP contribution in [0.4, 0.5) is 0 Å². The highest BCUT2D eigenvalue weighted by molar-refractivity contribution is 6.34. The van der Waals surface area contributed by atoms with Crippen molar-refractivity contribution in [1.29, 1.82) is 0 Å².